The molecule has 1 fully saturated rings. The largest absolute Gasteiger partial charge is 0.464 e. The first-order chi connectivity index (χ1) is 10.1. The third-order valence-electron chi connectivity index (χ3n) is 4.01. The van der Waals surface area contributed by atoms with Crippen LogP contribution >= 0.6 is 0 Å². The van der Waals surface area contributed by atoms with Gasteiger partial charge in [0.15, 0.2) is 0 Å². The Kier molecular flexibility index (Phi) is 5.59. The summed E-state index contributed by atoms with van der Waals surface area (Å²) in [5.41, 5.74) is 7.32. The summed E-state index contributed by atoms with van der Waals surface area (Å²) in [5, 5.41) is 0. The molecular formula is C16H25N3O2. The summed E-state index contributed by atoms with van der Waals surface area (Å²) in [6, 6.07) is 7.41. The van der Waals surface area contributed by atoms with E-state index in [4.69, 9.17) is 10.5 Å². The second-order valence-corrected chi connectivity index (χ2v) is 5.70. The fourth-order valence-electron chi connectivity index (χ4n) is 2.44. The summed E-state index contributed by atoms with van der Waals surface area (Å²) in [7, 11) is 2.13. The molecule has 0 spiro atoms. The Balaban J connectivity index is 1.74. The Hall–Kier alpha value is -1.59. The first kappa shape index (κ1) is 15.8. The summed E-state index contributed by atoms with van der Waals surface area (Å²) >= 11 is 0. The van der Waals surface area contributed by atoms with E-state index >= 15 is 0 Å². The number of nitrogens with two attached hydrogens (primary N) is 1. The van der Waals surface area contributed by atoms with Gasteiger partial charge in [-0.2, -0.15) is 0 Å². The van der Waals surface area contributed by atoms with E-state index in [0.29, 0.717) is 12.3 Å². The smallest absolute Gasteiger partial charge is 0.313 e. The van der Waals surface area contributed by atoms with Gasteiger partial charge in [-0.3, -0.25) is 9.69 Å². The lowest BCUT2D eigenvalue weighted by molar-refractivity contribution is -0.145. The topological polar surface area (TPSA) is 58.8 Å². The number of piperazine rings is 1. The van der Waals surface area contributed by atoms with E-state index in [1.165, 1.54) is 0 Å². The number of likely N-dealkylation sites (N-methyl/N-ethyl adjacent to an activating group) is 1. The van der Waals surface area contributed by atoms with Crippen LogP contribution in [0.1, 0.15) is 18.4 Å². The van der Waals surface area contributed by atoms with Gasteiger partial charge in [0, 0.05) is 38.4 Å². The van der Waals surface area contributed by atoms with Crippen molar-refractivity contribution in [1.29, 1.82) is 0 Å². The van der Waals surface area contributed by atoms with Crippen LogP contribution in [0.15, 0.2) is 24.3 Å². The predicted octanol–water partition coefficient (Wildman–Crippen LogP) is 1.16. The van der Waals surface area contributed by atoms with Crippen molar-refractivity contribution in [3.8, 4) is 0 Å². The molecule has 0 amide bonds. The molecule has 1 heterocycles. The molecule has 5 nitrogen and oxygen atoms in total. The Morgan fingerprint density at radius 2 is 2.05 bits per heavy atom. The summed E-state index contributed by atoms with van der Waals surface area (Å²) in [6.07, 6.45) is 0. The minimum absolute atomic E-state index is 0.185. The molecule has 1 aliphatic rings. The molecule has 1 saturated heterocycles. The van der Waals surface area contributed by atoms with Gasteiger partial charge in [-0.05, 0) is 31.7 Å². The molecule has 1 atom stereocenters. The molecule has 0 radical (unpaired) electrons. The van der Waals surface area contributed by atoms with Crippen molar-refractivity contribution < 1.29 is 9.53 Å². The van der Waals surface area contributed by atoms with Crippen molar-refractivity contribution in [3.63, 3.8) is 0 Å². The molecule has 5 heteroatoms. The molecule has 1 unspecified atom stereocenters. The standard InChI is InChI=1S/C16H25N3O2/c1-13(14-4-3-5-15(17)12-14)16(20)21-11-10-19-8-6-18(2)7-9-19/h3-5,12-13H,6-11,17H2,1-2H3. The average molecular weight is 291 g/mol. The molecule has 1 aromatic rings. The highest BCUT2D eigenvalue weighted by Gasteiger charge is 2.18. The van der Waals surface area contributed by atoms with Gasteiger partial charge in [0.2, 0.25) is 0 Å². The first-order valence-corrected chi connectivity index (χ1v) is 7.49. The van der Waals surface area contributed by atoms with Crippen LogP contribution in [0.3, 0.4) is 0 Å². The molecule has 0 aliphatic carbocycles. The van der Waals surface area contributed by atoms with Gasteiger partial charge < -0.3 is 15.4 Å². The number of esters is 1. The fourth-order valence-corrected chi connectivity index (χ4v) is 2.44. The Labute approximate surface area is 126 Å². The van der Waals surface area contributed by atoms with Crippen molar-refractivity contribution in [1.82, 2.24) is 9.80 Å². The number of nitrogen functional groups attached to an aromatic ring is 1. The van der Waals surface area contributed by atoms with Gasteiger partial charge in [0.05, 0.1) is 5.92 Å². The fraction of sp³-hybridized carbons (Fsp3) is 0.562. The minimum Gasteiger partial charge on any atom is -0.464 e. The number of carbonyl (C=O) groups is 1. The summed E-state index contributed by atoms with van der Waals surface area (Å²) in [6.45, 7) is 7.35. The average Bonchev–Trinajstić information content (AvgIpc) is 2.48. The zero-order valence-electron chi connectivity index (χ0n) is 12.9. The van der Waals surface area contributed by atoms with Gasteiger partial charge in [0.1, 0.15) is 6.61 Å². The van der Waals surface area contributed by atoms with E-state index in [1.807, 2.05) is 31.2 Å². The molecule has 116 valence electrons. The number of hydrogen-bond acceptors (Lipinski definition) is 5. The summed E-state index contributed by atoms with van der Waals surface area (Å²) in [5.74, 6) is -0.462. The highest BCUT2D eigenvalue weighted by Crippen LogP contribution is 2.19. The summed E-state index contributed by atoms with van der Waals surface area (Å²) < 4.78 is 5.39. The van der Waals surface area contributed by atoms with E-state index in [2.05, 4.69) is 16.8 Å². The lowest BCUT2D eigenvalue weighted by atomic mass is 10.0. The zero-order chi connectivity index (χ0) is 15.2. The van der Waals surface area contributed by atoms with Crippen LogP contribution in [0.25, 0.3) is 0 Å². The molecule has 0 bridgehead atoms. The molecule has 1 aromatic carbocycles. The van der Waals surface area contributed by atoms with Crippen LogP contribution in [0.2, 0.25) is 0 Å². The number of ether oxygens (including phenoxy) is 1. The highest BCUT2D eigenvalue weighted by atomic mass is 16.5. The van der Waals surface area contributed by atoms with Crippen LogP contribution in [0, 0.1) is 0 Å². The SMILES string of the molecule is CC(C(=O)OCCN1CCN(C)CC1)c1cccc(N)c1. The third-order valence-corrected chi connectivity index (χ3v) is 4.01. The van der Waals surface area contributed by atoms with E-state index in [9.17, 15) is 4.79 Å². The van der Waals surface area contributed by atoms with E-state index < -0.39 is 0 Å². The van der Waals surface area contributed by atoms with Crippen LogP contribution in [-0.4, -0.2) is 62.1 Å². The molecule has 0 saturated carbocycles. The van der Waals surface area contributed by atoms with Crippen molar-refractivity contribution >= 4 is 11.7 Å². The second kappa shape index (κ2) is 7.43. The number of rotatable bonds is 5. The predicted molar refractivity (Wildman–Crippen MR) is 84.2 cm³/mol. The van der Waals surface area contributed by atoms with Gasteiger partial charge in [-0.25, -0.2) is 0 Å². The van der Waals surface area contributed by atoms with Crippen LogP contribution in [0.5, 0.6) is 0 Å². The molecule has 2 rings (SSSR count). The minimum atomic E-state index is -0.277. The number of anilines is 1. The number of nitrogens with zero attached hydrogens (tertiary/aromatic N) is 2. The normalized spacial score (nSPS) is 18.4. The highest BCUT2D eigenvalue weighted by molar-refractivity contribution is 5.78. The Morgan fingerprint density at radius 1 is 1.33 bits per heavy atom. The first-order valence-electron chi connectivity index (χ1n) is 7.49. The van der Waals surface area contributed by atoms with E-state index in [1.54, 1.807) is 0 Å². The van der Waals surface area contributed by atoms with Gasteiger partial charge in [-0.15, -0.1) is 0 Å². The maximum absolute atomic E-state index is 12.1. The lowest BCUT2D eigenvalue weighted by Crippen LogP contribution is -2.45. The molecule has 2 N–H and O–H groups in total. The maximum Gasteiger partial charge on any atom is 0.313 e. The van der Waals surface area contributed by atoms with Crippen LogP contribution in [-0.2, 0) is 9.53 Å². The molecule has 0 aromatic heterocycles. The number of hydrogen-bond donors (Lipinski definition) is 1. The van der Waals surface area contributed by atoms with E-state index in [-0.39, 0.29) is 11.9 Å². The second-order valence-electron chi connectivity index (χ2n) is 5.70. The molecule has 21 heavy (non-hydrogen) atoms. The molecular weight excluding hydrogens is 266 g/mol. The van der Waals surface area contributed by atoms with Crippen molar-refractivity contribution in [2.45, 2.75) is 12.8 Å². The zero-order valence-corrected chi connectivity index (χ0v) is 12.9. The molecule has 1 aliphatic heterocycles. The quantitative estimate of drug-likeness (QED) is 0.652. The Morgan fingerprint density at radius 3 is 2.71 bits per heavy atom. The monoisotopic (exact) mass is 291 g/mol. The Bertz CT molecular complexity index is 470. The lowest BCUT2D eigenvalue weighted by Gasteiger charge is -2.32. The number of carbonyl (C=O) groups excluding carboxylic acids is 1. The van der Waals surface area contributed by atoms with Gasteiger partial charge in [0.25, 0.3) is 0 Å². The van der Waals surface area contributed by atoms with Gasteiger partial charge in [-0.1, -0.05) is 12.1 Å². The van der Waals surface area contributed by atoms with Crippen molar-refractivity contribution in [2.24, 2.45) is 0 Å². The van der Waals surface area contributed by atoms with Crippen molar-refractivity contribution in [3.05, 3.63) is 29.8 Å². The maximum atomic E-state index is 12.1. The van der Waals surface area contributed by atoms with E-state index in [0.717, 1.165) is 38.3 Å². The van der Waals surface area contributed by atoms with Crippen molar-refractivity contribution in [2.75, 3.05) is 52.1 Å². The van der Waals surface area contributed by atoms with Crippen LogP contribution in [0.4, 0.5) is 5.69 Å². The van der Waals surface area contributed by atoms with Gasteiger partial charge >= 0.3 is 5.97 Å². The van der Waals surface area contributed by atoms with Crippen LogP contribution < -0.4 is 5.73 Å². The number of benzene rings is 1. The third kappa shape index (κ3) is 4.72. The summed E-state index contributed by atoms with van der Waals surface area (Å²) in [4.78, 5) is 16.7.